The average molecular weight is 539 g/mol. The van der Waals surface area contributed by atoms with Crippen LogP contribution in [-0.4, -0.2) is 24.8 Å². The van der Waals surface area contributed by atoms with Gasteiger partial charge in [0.15, 0.2) is 6.10 Å². The molecule has 1 amide bonds. The smallest absolute Gasteiger partial charge is 0.280 e. The van der Waals surface area contributed by atoms with Crippen LogP contribution < -0.4 is 19.6 Å². The fraction of sp³-hybridized carbons (Fsp3) is 0.286. The monoisotopic (exact) mass is 538 g/mol. The number of ether oxygens (including phenoxy) is 3. The summed E-state index contributed by atoms with van der Waals surface area (Å²) < 4.78 is 18.3. The Morgan fingerprint density at radius 2 is 1.74 bits per heavy atom. The summed E-state index contributed by atoms with van der Waals surface area (Å²) in [5.74, 6) is 1.68. The standard InChI is InChI=1S/C28H31BrN2O4/c1-3-4-8-17-33-25-12-14-26(15-13-25)35-21(2)28(32)31-30-19-23-18-24(29)11-16-27(23)34-20-22-9-6-5-7-10-22/h5-7,9-16,18-19,21H,3-4,8,17,20H2,1-2H3,(H,31,32). The first-order valence-corrected chi connectivity index (χ1v) is 12.5. The molecule has 6 nitrogen and oxygen atoms in total. The molecule has 1 atom stereocenters. The number of hydrogen-bond acceptors (Lipinski definition) is 5. The number of hydrogen-bond donors (Lipinski definition) is 1. The third-order valence-electron chi connectivity index (χ3n) is 5.11. The molecule has 35 heavy (non-hydrogen) atoms. The molecule has 7 heteroatoms. The molecule has 0 spiro atoms. The van der Waals surface area contributed by atoms with E-state index in [1.165, 1.54) is 0 Å². The normalized spacial score (nSPS) is 11.7. The van der Waals surface area contributed by atoms with E-state index in [9.17, 15) is 4.79 Å². The Kier molecular flexibility index (Phi) is 10.6. The maximum atomic E-state index is 12.5. The molecule has 3 aromatic carbocycles. The number of nitrogens with zero attached hydrogens (tertiary/aromatic N) is 1. The van der Waals surface area contributed by atoms with Crippen molar-refractivity contribution in [2.45, 2.75) is 45.8 Å². The lowest BCUT2D eigenvalue weighted by Crippen LogP contribution is -2.33. The summed E-state index contributed by atoms with van der Waals surface area (Å²) in [4.78, 5) is 12.5. The highest BCUT2D eigenvalue weighted by Crippen LogP contribution is 2.23. The predicted molar refractivity (Wildman–Crippen MR) is 142 cm³/mol. The lowest BCUT2D eigenvalue weighted by molar-refractivity contribution is -0.127. The van der Waals surface area contributed by atoms with Gasteiger partial charge >= 0.3 is 0 Å². The van der Waals surface area contributed by atoms with Crippen LogP contribution in [0.5, 0.6) is 17.2 Å². The van der Waals surface area contributed by atoms with E-state index < -0.39 is 6.10 Å². The first-order valence-electron chi connectivity index (χ1n) is 11.7. The molecule has 184 valence electrons. The van der Waals surface area contributed by atoms with Crippen molar-refractivity contribution in [3.63, 3.8) is 0 Å². The van der Waals surface area contributed by atoms with Gasteiger partial charge in [0.1, 0.15) is 23.9 Å². The Hall–Kier alpha value is -3.32. The van der Waals surface area contributed by atoms with E-state index in [4.69, 9.17) is 14.2 Å². The maximum absolute atomic E-state index is 12.5. The number of nitrogens with one attached hydrogen (secondary N) is 1. The van der Waals surface area contributed by atoms with Gasteiger partial charge in [0, 0.05) is 10.0 Å². The van der Waals surface area contributed by atoms with Gasteiger partial charge in [0.2, 0.25) is 0 Å². The van der Waals surface area contributed by atoms with Crippen LogP contribution in [0.25, 0.3) is 0 Å². The van der Waals surface area contributed by atoms with Crippen molar-refractivity contribution in [2.24, 2.45) is 5.10 Å². The van der Waals surface area contributed by atoms with Crippen molar-refractivity contribution in [3.05, 3.63) is 88.4 Å². The number of carbonyl (C=O) groups excluding carboxylic acids is 1. The molecule has 0 heterocycles. The van der Waals surface area contributed by atoms with Gasteiger partial charge in [0.25, 0.3) is 5.91 Å². The van der Waals surface area contributed by atoms with E-state index in [1.807, 2.05) is 60.7 Å². The van der Waals surface area contributed by atoms with Crippen LogP contribution in [0.3, 0.4) is 0 Å². The number of hydrazone groups is 1. The minimum absolute atomic E-state index is 0.358. The summed E-state index contributed by atoms with van der Waals surface area (Å²) in [6.45, 7) is 4.97. The first-order chi connectivity index (χ1) is 17.0. The van der Waals surface area contributed by atoms with Crippen LogP contribution >= 0.6 is 15.9 Å². The number of rotatable bonds is 13. The Morgan fingerprint density at radius 3 is 2.49 bits per heavy atom. The summed E-state index contributed by atoms with van der Waals surface area (Å²) in [5.41, 5.74) is 4.33. The zero-order valence-electron chi connectivity index (χ0n) is 20.1. The van der Waals surface area contributed by atoms with Crippen molar-refractivity contribution >= 4 is 28.1 Å². The minimum atomic E-state index is -0.722. The van der Waals surface area contributed by atoms with E-state index in [1.54, 1.807) is 25.3 Å². The third kappa shape index (κ3) is 9.09. The summed E-state index contributed by atoms with van der Waals surface area (Å²) in [6.07, 6.45) is 4.18. The van der Waals surface area contributed by atoms with Crippen LogP contribution in [0.4, 0.5) is 0 Å². The number of benzene rings is 3. The van der Waals surface area contributed by atoms with Gasteiger partial charge in [-0.1, -0.05) is 66.0 Å². The van der Waals surface area contributed by atoms with Crippen molar-refractivity contribution < 1.29 is 19.0 Å². The van der Waals surface area contributed by atoms with E-state index in [-0.39, 0.29) is 5.91 Å². The van der Waals surface area contributed by atoms with Gasteiger partial charge < -0.3 is 14.2 Å². The molecular formula is C28H31BrN2O4. The first kappa shape index (κ1) is 26.3. The molecule has 1 unspecified atom stereocenters. The lowest BCUT2D eigenvalue weighted by atomic mass is 10.2. The molecule has 1 N–H and O–H groups in total. The Bertz CT molecular complexity index is 1090. The molecule has 0 aromatic heterocycles. The third-order valence-corrected chi connectivity index (χ3v) is 5.60. The fourth-order valence-electron chi connectivity index (χ4n) is 3.16. The Labute approximate surface area is 215 Å². The number of halogens is 1. The van der Waals surface area contributed by atoms with Crippen LogP contribution in [-0.2, 0) is 11.4 Å². The van der Waals surface area contributed by atoms with Crippen molar-refractivity contribution in [2.75, 3.05) is 6.61 Å². The summed E-state index contributed by atoms with van der Waals surface area (Å²) in [7, 11) is 0. The molecular weight excluding hydrogens is 508 g/mol. The molecule has 0 saturated heterocycles. The van der Waals surface area contributed by atoms with E-state index in [2.05, 4.69) is 33.4 Å². The van der Waals surface area contributed by atoms with Crippen LogP contribution in [0.2, 0.25) is 0 Å². The number of amides is 1. The molecule has 0 radical (unpaired) electrons. The Morgan fingerprint density at radius 1 is 1.00 bits per heavy atom. The van der Waals surface area contributed by atoms with E-state index >= 15 is 0 Å². The van der Waals surface area contributed by atoms with Gasteiger partial charge in [-0.3, -0.25) is 4.79 Å². The molecule has 0 bridgehead atoms. The van der Waals surface area contributed by atoms with E-state index in [0.29, 0.717) is 24.7 Å². The maximum Gasteiger partial charge on any atom is 0.280 e. The van der Waals surface area contributed by atoms with Crippen LogP contribution in [0.15, 0.2) is 82.4 Å². The predicted octanol–water partition coefficient (Wildman–Crippen LogP) is 6.51. The van der Waals surface area contributed by atoms with E-state index in [0.717, 1.165) is 40.6 Å². The molecule has 0 aliphatic rings. The van der Waals surface area contributed by atoms with Gasteiger partial charge in [-0.15, -0.1) is 0 Å². The molecule has 0 fully saturated rings. The number of unbranched alkanes of at least 4 members (excludes halogenated alkanes) is 2. The molecule has 3 aromatic rings. The largest absolute Gasteiger partial charge is 0.494 e. The summed E-state index contributed by atoms with van der Waals surface area (Å²) >= 11 is 3.47. The Balaban J connectivity index is 1.50. The highest BCUT2D eigenvalue weighted by molar-refractivity contribution is 9.10. The minimum Gasteiger partial charge on any atom is -0.494 e. The van der Waals surface area contributed by atoms with Crippen molar-refractivity contribution in [3.8, 4) is 17.2 Å². The second-order valence-electron chi connectivity index (χ2n) is 7.98. The summed E-state index contributed by atoms with van der Waals surface area (Å²) in [6, 6.07) is 22.8. The van der Waals surface area contributed by atoms with Gasteiger partial charge in [0.05, 0.1) is 12.8 Å². The topological polar surface area (TPSA) is 69.2 Å². The van der Waals surface area contributed by atoms with Crippen molar-refractivity contribution in [1.82, 2.24) is 5.43 Å². The van der Waals surface area contributed by atoms with Gasteiger partial charge in [-0.05, 0) is 61.4 Å². The lowest BCUT2D eigenvalue weighted by Gasteiger charge is -2.14. The van der Waals surface area contributed by atoms with Gasteiger partial charge in [-0.2, -0.15) is 5.10 Å². The average Bonchev–Trinajstić information content (AvgIpc) is 2.87. The molecule has 0 aliphatic heterocycles. The second-order valence-corrected chi connectivity index (χ2v) is 8.89. The quantitative estimate of drug-likeness (QED) is 0.153. The zero-order chi connectivity index (χ0) is 24.9. The summed E-state index contributed by atoms with van der Waals surface area (Å²) in [5, 5.41) is 4.10. The zero-order valence-corrected chi connectivity index (χ0v) is 21.7. The number of carbonyl (C=O) groups is 1. The van der Waals surface area contributed by atoms with Gasteiger partial charge in [-0.25, -0.2) is 5.43 Å². The molecule has 0 saturated carbocycles. The second kappa shape index (κ2) is 14.2. The SMILES string of the molecule is CCCCCOc1ccc(OC(C)C(=O)NN=Cc2cc(Br)ccc2OCc2ccccc2)cc1. The molecule has 3 rings (SSSR count). The van der Waals surface area contributed by atoms with Crippen LogP contribution in [0.1, 0.15) is 44.2 Å². The van der Waals surface area contributed by atoms with Crippen LogP contribution in [0, 0.1) is 0 Å². The van der Waals surface area contributed by atoms with Crippen molar-refractivity contribution in [1.29, 1.82) is 0 Å². The molecule has 0 aliphatic carbocycles. The highest BCUT2D eigenvalue weighted by atomic mass is 79.9. The fourth-order valence-corrected chi connectivity index (χ4v) is 3.54. The highest BCUT2D eigenvalue weighted by Gasteiger charge is 2.14.